The first kappa shape index (κ1) is 23.6. The van der Waals surface area contributed by atoms with Crippen molar-refractivity contribution in [1.29, 1.82) is 0 Å². The van der Waals surface area contributed by atoms with Crippen molar-refractivity contribution in [1.82, 2.24) is 39.9 Å². The summed E-state index contributed by atoms with van der Waals surface area (Å²) in [7, 11) is 0. The van der Waals surface area contributed by atoms with Gasteiger partial charge >= 0.3 is 0 Å². The third-order valence-corrected chi connectivity index (χ3v) is 7.46. The van der Waals surface area contributed by atoms with E-state index in [-0.39, 0.29) is 17.1 Å². The zero-order chi connectivity index (χ0) is 26.2. The predicted octanol–water partition coefficient (Wildman–Crippen LogP) is 6.87. The van der Waals surface area contributed by atoms with Crippen LogP contribution in [0.2, 0.25) is 0 Å². The number of hydrogen-bond donors (Lipinski definition) is 2. The molecular formula is C32H18MnN8. The molecule has 9 heteroatoms. The average Bonchev–Trinajstić information content (AvgIpc) is 3.73. The van der Waals surface area contributed by atoms with Gasteiger partial charge in [-0.25, -0.2) is 29.9 Å². The summed E-state index contributed by atoms with van der Waals surface area (Å²) in [6.07, 6.45) is 0. The first-order chi connectivity index (χ1) is 19.8. The maximum Gasteiger partial charge on any atom is 0.164 e. The van der Waals surface area contributed by atoms with Crippen LogP contribution < -0.4 is 0 Å². The van der Waals surface area contributed by atoms with Crippen molar-refractivity contribution >= 4 is 44.1 Å². The molecule has 1 radical (unpaired) electrons. The molecule has 193 valence electrons. The van der Waals surface area contributed by atoms with Gasteiger partial charge in [-0.05, 0) is 0 Å². The molecule has 9 rings (SSSR count). The zero-order valence-corrected chi connectivity index (χ0v) is 22.5. The van der Waals surface area contributed by atoms with E-state index < -0.39 is 0 Å². The van der Waals surface area contributed by atoms with Crippen LogP contribution in [-0.4, -0.2) is 39.9 Å². The van der Waals surface area contributed by atoms with Crippen molar-refractivity contribution in [2.75, 3.05) is 0 Å². The topological polar surface area (TPSA) is 109 Å². The minimum absolute atomic E-state index is 0. The molecule has 0 fully saturated rings. The van der Waals surface area contributed by atoms with Crippen LogP contribution in [0.3, 0.4) is 0 Å². The summed E-state index contributed by atoms with van der Waals surface area (Å²) < 4.78 is 0. The van der Waals surface area contributed by atoms with Crippen LogP contribution in [0.1, 0.15) is 0 Å². The molecule has 4 aromatic carbocycles. The molecule has 0 aliphatic carbocycles. The van der Waals surface area contributed by atoms with E-state index in [0.717, 1.165) is 43.8 Å². The first-order valence-electron chi connectivity index (χ1n) is 13.0. The number of fused-ring (bicyclic) bond motifs is 20. The van der Waals surface area contributed by atoms with Gasteiger partial charge in [-0.15, -0.1) is 0 Å². The molecule has 0 amide bonds. The summed E-state index contributed by atoms with van der Waals surface area (Å²) in [5.74, 6) is 2.39. The van der Waals surface area contributed by atoms with Crippen LogP contribution in [0.4, 0.5) is 0 Å². The molecule has 2 aliphatic heterocycles. The molecule has 0 unspecified atom stereocenters. The van der Waals surface area contributed by atoms with Crippen molar-refractivity contribution in [2.24, 2.45) is 0 Å². The van der Waals surface area contributed by atoms with Gasteiger partial charge in [0, 0.05) is 60.9 Å². The Morgan fingerprint density at radius 3 is 0.829 bits per heavy atom. The van der Waals surface area contributed by atoms with Crippen molar-refractivity contribution in [3.8, 4) is 45.6 Å². The Morgan fingerprint density at radius 2 is 0.561 bits per heavy atom. The molecule has 5 heterocycles. The minimum atomic E-state index is 0. The fraction of sp³-hybridized carbons (Fsp3) is 0. The van der Waals surface area contributed by atoms with E-state index in [1.807, 2.05) is 97.1 Å². The van der Waals surface area contributed by atoms with Crippen LogP contribution in [0.25, 0.3) is 89.7 Å². The third-order valence-electron chi connectivity index (χ3n) is 7.46. The second-order valence-corrected chi connectivity index (χ2v) is 9.79. The monoisotopic (exact) mass is 569 g/mol. The Bertz CT molecular complexity index is 2030. The van der Waals surface area contributed by atoms with Crippen LogP contribution >= 0.6 is 0 Å². The maximum absolute atomic E-state index is 5.02. The molecule has 41 heavy (non-hydrogen) atoms. The predicted molar refractivity (Wildman–Crippen MR) is 156 cm³/mol. The number of aromatic nitrogens is 8. The molecule has 0 spiro atoms. The Hall–Kier alpha value is -5.24. The Balaban J connectivity index is 0.00000256. The molecular weight excluding hydrogens is 551 g/mol. The van der Waals surface area contributed by atoms with Crippen LogP contribution in [-0.2, 0) is 17.1 Å². The van der Waals surface area contributed by atoms with E-state index in [1.54, 1.807) is 0 Å². The molecule has 0 saturated carbocycles. The molecule has 8 nitrogen and oxygen atoms in total. The molecule has 2 N–H and O–H groups in total. The SMILES string of the molecule is [Mn].c1ccc2c(c1)-c1nc-2nc2[nH]c(nc3nc(nc4[nH]c(n1)c1ccccc41)-c1ccccc1-3)c1ccccc21. The Morgan fingerprint density at radius 1 is 0.317 bits per heavy atom. The molecule has 2 aliphatic rings. The van der Waals surface area contributed by atoms with Crippen molar-refractivity contribution in [3.63, 3.8) is 0 Å². The van der Waals surface area contributed by atoms with E-state index in [2.05, 4.69) is 9.97 Å². The van der Waals surface area contributed by atoms with Crippen molar-refractivity contribution in [3.05, 3.63) is 97.1 Å². The normalized spacial score (nSPS) is 11.7. The number of rotatable bonds is 0. The van der Waals surface area contributed by atoms with Gasteiger partial charge < -0.3 is 9.97 Å². The number of hydrogen-bond acceptors (Lipinski definition) is 6. The first-order valence-corrected chi connectivity index (χ1v) is 13.0. The van der Waals surface area contributed by atoms with Gasteiger partial charge in [0.2, 0.25) is 0 Å². The van der Waals surface area contributed by atoms with Gasteiger partial charge in [0.15, 0.2) is 23.3 Å². The smallest absolute Gasteiger partial charge is 0.164 e. The third kappa shape index (κ3) is 3.53. The summed E-state index contributed by atoms with van der Waals surface area (Å²) in [5, 5.41) is 3.82. The summed E-state index contributed by atoms with van der Waals surface area (Å²) >= 11 is 0. The van der Waals surface area contributed by atoms with Crippen molar-refractivity contribution < 1.29 is 17.1 Å². The van der Waals surface area contributed by atoms with Gasteiger partial charge in [-0.2, -0.15) is 0 Å². The number of nitrogens with one attached hydrogen (secondary N) is 2. The molecule has 8 bridgehead atoms. The fourth-order valence-corrected chi connectivity index (χ4v) is 5.59. The Kier molecular flexibility index (Phi) is 5.12. The number of benzene rings is 4. The molecule has 0 atom stereocenters. The van der Waals surface area contributed by atoms with Crippen LogP contribution in [0, 0.1) is 0 Å². The zero-order valence-electron chi connectivity index (χ0n) is 21.3. The summed E-state index contributed by atoms with van der Waals surface area (Å²) in [6.45, 7) is 0. The van der Waals surface area contributed by atoms with Gasteiger partial charge in [-0.3, -0.25) is 0 Å². The van der Waals surface area contributed by atoms with E-state index in [0.29, 0.717) is 45.9 Å². The summed E-state index contributed by atoms with van der Waals surface area (Å²) in [4.78, 5) is 36.8. The van der Waals surface area contributed by atoms with E-state index in [1.165, 1.54) is 0 Å². The van der Waals surface area contributed by atoms with Crippen LogP contribution in [0.5, 0.6) is 0 Å². The van der Waals surface area contributed by atoms with Gasteiger partial charge in [0.05, 0.1) is 0 Å². The summed E-state index contributed by atoms with van der Waals surface area (Å²) in [6, 6.07) is 32.2. The largest absolute Gasteiger partial charge is 0.324 e. The van der Waals surface area contributed by atoms with Crippen molar-refractivity contribution in [2.45, 2.75) is 0 Å². The molecule has 7 aromatic rings. The quantitative estimate of drug-likeness (QED) is 0.193. The number of nitrogens with zero attached hydrogens (tertiary/aromatic N) is 6. The van der Waals surface area contributed by atoms with Crippen LogP contribution in [0.15, 0.2) is 97.1 Å². The minimum Gasteiger partial charge on any atom is -0.324 e. The Labute approximate surface area is 243 Å². The fourth-order valence-electron chi connectivity index (χ4n) is 5.59. The van der Waals surface area contributed by atoms with E-state index in [9.17, 15) is 0 Å². The number of H-pyrrole nitrogens is 2. The van der Waals surface area contributed by atoms with Gasteiger partial charge in [-0.1, -0.05) is 97.1 Å². The maximum atomic E-state index is 5.02. The van der Waals surface area contributed by atoms with Gasteiger partial charge in [0.1, 0.15) is 22.6 Å². The van der Waals surface area contributed by atoms with E-state index in [4.69, 9.17) is 29.9 Å². The number of aromatic amines is 2. The molecule has 0 saturated heterocycles. The van der Waals surface area contributed by atoms with E-state index >= 15 is 0 Å². The van der Waals surface area contributed by atoms with Gasteiger partial charge in [0.25, 0.3) is 0 Å². The second kappa shape index (κ2) is 8.89. The second-order valence-electron chi connectivity index (χ2n) is 9.79. The summed E-state index contributed by atoms with van der Waals surface area (Å²) in [5.41, 5.74) is 6.45. The molecule has 3 aromatic heterocycles. The average molecular weight is 569 g/mol. The standard InChI is InChI=1S/C32H18N8.Mn/c1-2-10-18-17(9-1)25-33-26(18)38-28-21-13-5-6-14-22(21)30(35-28)40-32-24-16-8-7-15-23(24)31(36-32)39-29-20-12-4-3-11-19(20)27(34-29)37-25;/h1-16H,(H2,33,34,35,36,37,38,39,40);.